The van der Waals surface area contributed by atoms with E-state index in [1.54, 1.807) is 0 Å². The van der Waals surface area contributed by atoms with Crippen LogP contribution in [0.15, 0.2) is 0 Å². The Labute approximate surface area is 102 Å². The maximum atomic E-state index is 12.3. The summed E-state index contributed by atoms with van der Waals surface area (Å²) >= 11 is 0. The van der Waals surface area contributed by atoms with Gasteiger partial charge in [0, 0.05) is 12.0 Å². The number of ether oxygens (including phenoxy) is 1. The summed E-state index contributed by atoms with van der Waals surface area (Å²) in [5.41, 5.74) is 0. The van der Waals surface area contributed by atoms with E-state index in [0.29, 0.717) is 0 Å². The molecule has 2 rings (SSSR count). The fraction of sp³-hybridized carbons (Fsp3) is 0.846. The van der Waals surface area contributed by atoms with E-state index >= 15 is 0 Å². The van der Waals surface area contributed by atoms with Gasteiger partial charge in [-0.3, -0.25) is 4.79 Å². The van der Waals surface area contributed by atoms with Crippen LogP contribution in [-0.2, 0) is 14.3 Å². The smallest absolute Gasteiger partial charge is 0.328 e. The van der Waals surface area contributed by atoms with Crippen molar-refractivity contribution in [2.45, 2.75) is 57.5 Å². The summed E-state index contributed by atoms with van der Waals surface area (Å²) in [5, 5.41) is 0. The van der Waals surface area contributed by atoms with Crippen molar-refractivity contribution in [2.24, 2.45) is 5.92 Å². The van der Waals surface area contributed by atoms with Gasteiger partial charge in [-0.25, -0.2) is 4.79 Å². The molecular formula is C13H21NO3. The molecule has 4 nitrogen and oxygen atoms in total. The second-order valence-corrected chi connectivity index (χ2v) is 5.08. The van der Waals surface area contributed by atoms with Gasteiger partial charge >= 0.3 is 5.97 Å². The predicted octanol–water partition coefficient (Wildman–Crippen LogP) is 1.73. The first kappa shape index (κ1) is 12.4. The summed E-state index contributed by atoms with van der Waals surface area (Å²) in [5.74, 6) is 0.0514. The maximum absolute atomic E-state index is 12.3. The summed E-state index contributed by atoms with van der Waals surface area (Å²) < 4.78 is 4.79. The van der Waals surface area contributed by atoms with Gasteiger partial charge in [0.15, 0.2) is 0 Å². The fourth-order valence-electron chi connectivity index (χ4n) is 3.21. The van der Waals surface area contributed by atoms with Crippen LogP contribution in [0.1, 0.15) is 45.4 Å². The van der Waals surface area contributed by atoms with Gasteiger partial charge in [-0.15, -0.1) is 0 Å². The van der Waals surface area contributed by atoms with Crippen molar-refractivity contribution in [3.05, 3.63) is 0 Å². The van der Waals surface area contributed by atoms with Crippen LogP contribution >= 0.6 is 0 Å². The number of hydrogen-bond acceptors (Lipinski definition) is 3. The number of carbonyl (C=O) groups excluding carboxylic acids is 2. The highest BCUT2D eigenvalue weighted by atomic mass is 16.5. The Morgan fingerprint density at radius 2 is 2.06 bits per heavy atom. The second-order valence-electron chi connectivity index (χ2n) is 5.08. The van der Waals surface area contributed by atoms with Gasteiger partial charge in [0.05, 0.1) is 7.11 Å². The number of carbonyl (C=O) groups is 2. The lowest BCUT2D eigenvalue weighted by atomic mass is 9.89. The van der Waals surface area contributed by atoms with Crippen molar-refractivity contribution in [1.29, 1.82) is 0 Å². The van der Waals surface area contributed by atoms with Crippen LogP contribution in [0, 0.1) is 5.92 Å². The molecule has 0 aromatic heterocycles. The number of methoxy groups -OCH3 is 1. The second kappa shape index (κ2) is 5.07. The average molecular weight is 239 g/mol. The number of fused-ring (bicyclic) bond motifs is 1. The molecule has 96 valence electrons. The molecular weight excluding hydrogens is 218 g/mol. The van der Waals surface area contributed by atoms with E-state index in [0.717, 1.165) is 38.5 Å². The molecule has 0 bridgehead atoms. The van der Waals surface area contributed by atoms with E-state index in [1.165, 1.54) is 7.11 Å². The van der Waals surface area contributed by atoms with Crippen molar-refractivity contribution < 1.29 is 14.3 Å². The first-order valence-corrected chi connectivity index (χ1v) is 6.59. The van der Waals surface area contributed by atoms with Crippen LogP contribution in [0.25, 0.3) is 0 Å². The topological polar surface area (TPSA) is 46.6 Å². The highest BCUT2D eigenvalue weighted by molar-refractivity contribution is 5.87. The molecule has 0 N–H and O–H groups in total. The van der Waals surface area contributed by atoms with Crippen LogP contribution in [-0.4, -0.2) is 36.0 Å². The third-order valence-corrected chi connectivity index (χ3v) is 4.06. The van der Waals surface area contributed by atoms with Crippen molar-refractivity contribution in [1.82, 2.24) is 4.90 Å². The monoisotopic (exact) mass is 239 g/mol. The van der Waals surface area contributed by atoms with Crippen LogP contribution in [0.2, 0.25) is 0 Å². The molecule has 0 aromatic rings. The summed E-state index contributed by atoms with van der Waals surface area (Å²) in [7, 11) is 1.40. The number of rotatable bonds is 3. The molecule has 17 heavy (non-hydrogen) atoms. The SMILES string of the molecule is CCC[C@H]1CC[C@H]2CC[C@@H](C(=O)OC)N2C1=O. The molecule has 1 amide bonds. The number of hydrogen-bond donors (Lipinski definition) is 0. The zero-order chi connectivity index (χ0) is 12.4. The number of piperidine rings is 1. The van der Waals surface area contributed by atoms with Gasteiger partial charge < -0.3 is 9.64 Å². The molecule has 2 aliphatic heterocycles. The third-order valence-electron chi connectivity index (χ3n) is 4.06. The lowest BCUT2D eigenvalue weighted by molar-refractivity contribution is -0.156. The van der Waals surface area contributed by atoms with E-state index in [4.69, 9.17) is 4.74 Å². The minimum absolute atomic E-state index is 0.126. The quantitative estimate of drug-likeness (QED) is 0.705. The third kappa shape index (κ3) is 2.17. The van der Waals surface area contributed by atoms with Crippen LogP contribution < -0.4 is 0 Å². The van der Waals surface area contributed by atoms with Gasteiger partial charge in [0.2, 0.25) is 5.91 Å². The minimum Gasteiger partial charge on any atom is -0.467 e. The first-order chi connectivity index (χ1) is 8.19. The minimum atomic E-state index is -0.322. The van der Waals surface area contributed by atoms with Crippen molar-refractivity contribution in [3.63, 3.8) is 0 Å². The zero-order valence-corrected chi connectivity index (χ0v) is 10.6. The molecule has 2 heterocycles. The molecule has 0 unspecified atom stereocenters. The standard InChI is InChI=1S/C13H21NO3/c1-3-4-9-5-6-10-7-8-11(13(16)17-2)14(10)12(9)15/h9-11H,3-8H2,1-2H3/t9-,10-,11-/m0/s1. The van der Waals surface area contributed by atoms with Gasteiger partial charge in [-0.1, -0.05) is 13.3 Å². The van der Waals surface area contributed by atoms with Gasteiger partial charge in [-0.2, -0.15) is 0 Å². The largest absolute Gasteiger partial charge is 0.467 e. The van der Waals surface area contributed by atoms with E-state index in [2.05, 4.69) is 6.92 Å². The fourth-order valence-corrected chi connectivity index (χ4v) is 3.21. The Kier molecular flexibility index (Phi) is 3.69. The van der Waals surface area contributed by atoms with Gasteiger partial charge in [-0.05, 0) is 32.1 Å². The lowest BCUT2D eigenvalue weighted by Crippen LogP contribution is -2.50. The molecule has 4 heteroatoms. The van der Waals surface area contributed by atoms with E-state index in [1.807, 2.05) is 4.90 Å². The molecule has 2 fully saturated rings. The maximum Gasteiger partial charge on any atom is 0.328 e. The summed E-state index contributed by atoms with van der Waals surface area (Å²) in [4.78, 5) is 25.8. The number of nitrogens with zero attached hydrogens (tertiary/aromatic N) is 1. The number of amides is 1. The Morgan fingerprint density at radius 3 is 2.71 bits per heavy atom. The van der Waals surface area contributed by atoms with Crippen molar-refractivity contribution in [3.8, 4) is 0 Å². The van der Waals surface area contributed by atoms with Crippen molar-refractivity contribution >= 4 is 11.9 Å². The molecule has 2 aliphatic rings. The zero-order valence-electron chi connectivity index (χ0n) is 10.6. The van der Waals surface area contributed by atoms with Gasteiger partial charge in [0.1, 0.15) is 6.04 Å². The molecule has 0 saturated carbocycles. The van der Waals surface area contributed by atoms with Crippen LogP contribution in [0.4, 0.5) is 0 Å². The first-order valence-electron chi connectivity index (χ1n) is 6.59. The molecule has 2 saturated heterocycles. The summed E-state index contributed by atoms with van der Waals surface area (Å²) in [6.07, 6.45) is 5.71. The molecule has 0 radical (unpaired) electrons. The summed E-state index contributed by atoms with van der Waals surface area (Å²) in [6.45, 7) is 2.10. The van der Waals surface area contributed by atoms with Gasteiger partial charge in [0.25, 0.3) is 0 Å². The predicted molar refractivity (Wildman–Crippen MR) is 63.3 cm³/mol. The highest BCUT2D eigenvalue weighted by Gasteiger charge is 2.45. The summed E-state index contributed by atoms with van der Waals surface area (Å²) in [6, 6.07) is -0.0446. The van der Waals surface area contributed by atoms with Crippen LogP contribution in [0.5, 0.6) is 0 Å². The Bertz CT molecular complexity index is 316. The highest BCUT2D eigenvalue weighted by Crippen LogP contribution is 2.36. The Morgan fingerprint density at radius 1 is 1.35 bits per heavy atom. The molecule has 3 atom stereocenters. The van der Waals surface area contributed by atoms with E-state index in [-0.39, 0.29) is 29.9 Å². The normalized spacial score (nSPS) is 32.5. The average Bonchev–Trinajstić information content (AvgIpc) is 2.76. The lowest BCUT2D eigenvalue weighted by Gasteiger charge is -2.37. The van der Waals surface area contributed by atoms with Crippen molar-refractivity contribution in [2.75, 3.05) is 7.11 Å². The van der Waals surface area contributed by atoms with E-state index < -0.39 is 0 Å². The molecule has 0 aliphatic carbocycles. The molecule has 0 aromatic carbocycles. The number of esters is 1. The molecule has 0 spiro atoms. The van der Waals surface area contributed by atoms with Crippen LogP contribution in [0.3, 0.4) is 0 Å². The Hall–Kier alpha value is -1.06. The van der Waals surface area contributed by atoms with E-state index in [9.17, 15) is 9.59 Å². The Balaban J connectivity index is 2.11.